The number of hydrogen-bond donors (Lipinski definition) is 1. The minimum absolute atomic E-state index is 0.0207. The summed E-state index contributed by atoms with van der Waals surface area (Å²) in [6.07, 6.45) is 0.0508. The average Bonchev–Trinajstić information content (AvgIpc) is 2.65. The van der Waals surface area contributed by atoms with E-state index in [1.165, 1.54) is 5.56 Å². The fraction of sp³-hybridized carbons (Fsp3) is 0.435. The van der Waals surface area contributed by atoms with E-state index in [0.717, 1.165) is 28.0 Å². The number of carbonyl (C=O) groups is 1. The first-order valence-corrected chi connectivity index (χ1v) is 9.59. The first kappa shape index (κ1) is 21.9. The third-order valence-corrected chi connectivity index (χ3v) is 4.83. The molecule has 0 spiro atoms. The zero-order valence-corrected chi connectivity index (χ0v) is 17.6. The minimum Gasteiger partial charge on any atom is -0.488 e. The lowest BCUT2D eigenvalue weighted by atomic mass is 10.0. The monoisotopic (exact) mass is 384 g/mol. The molecule has 0 aliphatic carbocycles. The summed E-state index contributed by atoms with van der Waals surface area (Å²) in [5.74, 6) is 0.925. The minimum atomic E-state index is -0.240. The molecule has 1 atom stereocenters. The van der Waals surface area contributed by atoms with Gasteiger partial charge in [-0.05, 0) is 43.0 Å². The van der Waals surface area contributed by atoms with E-state index in [0.29, 0.717) is 26.1 Å². The van der Waals surface area contributed by atoms with Crippen LogP contribution in [0.3, 0.4) is 0 Å². The Balaban J connectivity index is 2.03. The first-order valence-electron chi connectivity index (χ1n) is 9.59. The topological polar surface area (TPSA) is 64.8 Å². The molecule has 0 aliphatic heterocycles. The number of nitrogens with zero attached hydrogens (tertiary/aromatic N) is 1. The molecule has 152 valence electrons. The molecule has 1 unspecified atom stereocenters. The number of aryl methyl sites for hydroxylation is 3. The van der Waals surface area contributed by atoms with Crippen LogP contribution in [0.25, 0.3) is 0 Å². The van der Waals surface area contributed by atoms with Crippen molar-refractivity contribution in [2.24, 2.45) is 5.73 Å². The van der Waals surface area contributed by atoms with E-state index in [4.69, 9.17) is 15.2 Å². The number of methoxy groups -OCH3 is 1. The van der Waals surface area contributed by atoms with E-state index in [9.17, 15) is 4.79 Å². The molecule has 0 saturated heterocycles. The van der Waals surface area contributed by atoms with Crippen molar-refractivity contribution in [1.29, 1.82) is 0 Å². The molecular weight excluding hydrogens is 352 g/mol. The Hall–Kier alpha value is -2.37. The standard InChI is InChI=1S/C23H32N2O3/c1-16-7-6-8-19(9-16)15-28-23-17(2)10-20(11-18(23)3)14-25(4)22(26)12-21(13-24)27-5/h6-11,21H,12-15,24H2,1-5H3. The third kappa shape index (κ3) is 6.08. The second-order valence-corrected chi connectivity index (χ2v) is 7.38. The van der Waals surface area contributed by atoms with E-state index in [2.05, 4.69) is 37.3 Å². The van der Waals surface area contributed by atoms with E-state index in [1.807, 2.05) is 19.9 Å². The lowest BCUT2D eigenvalue weighted by Crippen LogP contribution is -2.33. The number of ether oxygens (including phenoxy) is 2. The molecule has 0 heterocycles. The lowest BCUT2D eigenvalue weighted by Gasteiger charge is -2.21. The summed E-state index contributed by atoms with van der Waals surface area (Å²) >= 11 is 0. The van der Waals surface area contributed by atoms with Crippen LogP contribution in [-0.2, 0) is 22.7 Å². The maximum absolute atomic E-state index is 12.4. The SMILES string of the molecule is COC(CN)CC(=O)N(C)Cc1cc(C)c(OCc2cccc(C)c2)c(C)c1. The van der Waals surface area contributed by atoms with E-state index in [-0.39, 0.29) is 12.0 Å². The van der Waals surface area contributed by atoms with Crippen LogP contribution in [0.1, 0.15) is 34.2 Å². The fourth-order valence-electron chi connectivity index (χ4n) is 3.29. The van der Waals surface area contributed by atoms with E-state index in [1.54, 1.807) is 19.1 Å². The largest absolute Gasteiger partial charge is 0.488 e. The molecule has 0 radical (unpaired) electrons. The van der Waals surface area contributed by atoms with Gasteiger partial charge in [-0.1, -0.05) is 42.0 Å². The van der Waals surface area contributed by atoms with Crippen LogP contribution < -0.4 is 10.5 Å². The van der Waals surface area contributed by atoms with Crippen molar-refractivity contribution in [2.75, 3.05) is 20.7 Å². The highest BCUT2D eigenvalue weighted by Gasteiger charge is 2.16. The van der Waals surface area contributed by atoms with Crippen molar-refractivity contribution < 1.29 is 14.3 Å². The molecule has 0 aliphatic rings. The van der Waals surface area contributed by atoms with Gasteiger partial charge >= 0.3 is 0 Å². The summed E-state index contributed by atoms with van der Waals surface area (Å²) in [4.78, 5) is 14.1. The molecule has 0 saturated carbocycles. The van der Waals surface area contributed by atoms with Gasteiger partial charge in [0, 0.05) is 27.2 Å². The second kappa shape index (κ2) is 10.2. The first-order chi connectivity index (χ1) is 13.3. The molecule has 5 nitrogen and oxygen atoms in total. The zero-order valence-electron chi connectivity index (χ0n) is 17.6. The van der Waals surface area contributed by atoms with Crippen LogP contribution in [0, 0.1) is 20.8 Å². The van der Waals surface area contributed by atoms with Gasteiger partial charge in [0.2, 0.25) is 5.91 Å². The predicted octanol–water partition coefficient (Wildman–Crippen LogP) is 3.51. The van der Waals surface area contributed by atoms with Crippen LogP contribution in [0.5, 0.6) is 5.75 Å². The summed E-state index contributed by atoms with van der Waals surface area (Å²) in [6, 6.07) is 12.5. The number of carbonyl (C=O) groups excluding carboxylic acids is 1. The van der Waals surface area contributed by atoms with Gasteiger partial charge in [-0.15, -0.1) is 0 Å². The zero-order chi connectivity index (χ0) is 20.7. The fourth-order valence-corrected chi connectivity index (χ4v) is 3.29. The Morgan fingerprint density at radius 3 is 2.36 bits per heavy atom. The van der Waals surface area contributed by atoms with Gasteiger partial charge in [0.25, 0.3) is 0 Å². The Bertz CT molecular complexity index is 777. The van der Waals surface area contributed by atoms with Crippen molar-refractivity contribution >= 4 is 5.91 Å². The number of amides is 1. The third-order valence-electron chi connectivity index (χ3n) is 4.83. The molecule has 0 aromatic heterocycles. The molecule has 28 heavy (non-hydrogen) atoms. The highest BCUT2D eigenvalue weighted by Crippen LogP contribution is 2.26. The van der Waals surface area contributed by atoms with Crippen LogP contribution in [0.15, 0.2) is 36.4 Å². The summed E-state index contributed by atoms with van der Waals surface area (Å²) in [5, 5.41) is 0. The van der Waals surface area contributed by atoms with Gasteiger partial charge in [0.1, 0.15) is 12.4 Å². The van der Waals surface area contributed by atoms with E-state index >= 15 is 0 Å². The Labute approximate surface area is 168 Å². The Morgan fingerprint density at radius 1 is 1.11 bits per heavy atom. The van der Waals surface area contributed by atoms with Gasteiger partial charge in [-0.3, -0.25) is 4.79 Å². The number of nitrogens with two attached hydrogens (primary N) is 1. The van der Waals surface area contributed by atoms with Gasteiger partial charge in [0.05, 0.1) is 12.5 Å². The Kier molecular flexibility index (Phi) is 8.03. The van der Waals surface area contributed by atoms with Gasteiger partial charge in [-0.25, -0.2) is 0 Å². The van der Waals surface area contributed by atoms with Crippen LogP contribution in [-0.4, -0.2) is 37.6 Å². The molecule has 5 heteroatoms. The highest BCUT2D eigenvalue weighted by atomic mass is 16.5. The molecule has 2 rings (SSSR count). The molecule has 2 N–H and O–H groups in total. The smallest absolute Gasteiger partial charge is 0.225 e. The van der Waals surface area contributed by atoms with Crippen molar-refractivity contribution in [3.8, 4) is 5.75 Å². The van der Waals surface area contributed by atoms with Crippen LogP contribution >= 0.6 is 0 Å². The normalized spacial score (nSPS) is 11.9. The maximum Gasteiger partial charge on any atom is 0.225 e. The summed E-state index contributed by atoms with van der Waals surface area (Å²) in [7, 11) is 3.38. The molecule has 1 amide bonds. The number of rotatable bonds is 9. The average molecular weight is 385 g/mol. The van der Waals surface area contributed by atoms with Crippen LogP contribution in [0.4, 0.5) is 0 Å². The number of benzene rings is 2. The maximum atomic E-state index is 12.4. The summed E-state index contributed by atoms with van der Waals surface area (Å²) in [6.45, 7) is 7.58. The van der Waals surface area contributed by atoms with Gasteiger partial charge in [-0.2, -0.15) is 0 Å². The quantitative estimate of drug-likeness (QED) is 0.718. The summed E-state index contributed by atoms with van der Waals surface area (Å²) in [5.41, 5.74) is 11.2. The highest BCUT2D eigenvalue weighted by molar-refractivity contribution is 5.76. The van der Waals surface area contributed by atoms with Crippen LogP contribution in [0.2, 0.25) is 0 Å². The number of hydrogen-bond acceptors (Lipinski definition) is 4. The van der Waals surface area contributed by atoms with Crippen molar-refractivity contribution in [2.45, 2.75) is 46.4 Å². The molecular formula is C23H32N2O3. The predicted molar refractivity (Wildman–Crippen MR) is 112 cm³/mol. The Morgan fingerprint density at radius 2 is 1.79 bits per heavy atom. The second-order valence-electron chi connectivity index (χ2n) is 7.38. The van der Waals surface area contributed by atoms with Crippen molar-refractivity contribution in [1.82, 2.24) is 4.90 Å². The molecule has 2 aromatic carbocycles. The molecule has 0 fully saturated rings. The molecule has 2 aromatic rings. The lowest BCUT2D eigenvalue weighted by molar-refractivity contribution is -0.132. The molecule has 0 bridgehead atoms. The van der Waals surface area contributed by atoms with Gasteiger partial charge < -0.3 is 20.1 Å². The van der Waals surface area contributed by atoms with E-state index < -0.39 is 0 Å². The summed E-state index contributed by atoms with van der Waals surface area (Å²) < 4.78 is 11.3. The van der Waals surface area contributed by atoms with Crippen molar-refractivity contribution in [3.05, 3.63) is 64.2 Å². The van der Waals surface area contributed by atoms with Gasteiger partial charge in [0.15, 0.2) is 0 Å². The van der Waals surface area contributed by atoms with Crippen molar-refractivity contribution in [3.63, 3.8) is 0 Å².